The Kier molecular flexibility index (Phi) is 5.11. The van der Waals surface area contributed by atoms with E-state index in [2.05, 4.69) is 0 Å². The molecule has 2 aromatic rings. The van der Waals surface area contributed by atoms with Gasteiger partial charge in [-0.1, -0.05) is 42.5 Å². The van der Waals surface area contributed by atoms with Crippen molar-refractivity contribution in [1.29, 1.82) is 0 Å². The van der Waals surface area contributed by atoms with Crippen LogP contribution in [0.1, 0.15) is 11.1 Å². The normalized spacial score (nSPS) is 21.1. The molecule has 6 nitrogen and oxygen atoms in total. The Morgan fingerprint density at radius 3 is 2.57 bits per heavy atom. The summed E-state index contributed by atoms with van der Waals surface area (Å²) in [6.07, 6.45) is 0. The molecule has 144 valence electrons. The number of benzene rings is 2. The minimum absolute atomic E-state index is 0.111. The highest BCUT2D eigenvalue weighted by Crippen LogP contribution is 2.42. The Hall–Kier alpha value is -2.77. The van der Waals surface area contributed by atoms with E-state index < -0.39 is 12.0 Å². The number of rotatable bonds is 5. The van der Waals surface area contributed by atoms with Gasteiger partial charge in [-0.2, -0.15) is 0 Å². The Bertz CT molecular complexity index is 927. The van der Waals surface area contributed by atoms with Crippen LogP contribution < -0.4 is 10.5 Å². The number of nitrogens with zero attached hydrogens (tertiary/aromatic N) is 1. The third-order valence-corrected chi connectivity index (χ3v) is 6.15. The summed E-state index contributed by atoms with van der Waals surface area (Å²) in [7, 11) is 1.60. The Balaban J connectivity index is 1.60. The van der Waals surface area contributed by atoms with E-state index in [1.165, 1.54) is 4.90 Å². The predicted molar refractivity (Wildman–Crippen MR) is 107 cm³/mol. The summed E-state index contributed by atoms with van der Waals surface area (Å²) in [6.45, 7) is 0.111. The van der Waals surface area contributed by atoms with Gasteiger partial charge in [0.25, 0.3) is 0 Å². The first-order chi connectivity index (χ1) is 13.6. The molecule has 2 N–H and O–H groups in total. The third kappa shape index (κ3) is 3.27. The quantitative estimate of drug-likeness (QED) is 0.617. The van der Waals surface area contributed by atoms with Gasteiger partial charge in [-0.15, -0.1) is 11.8 Å². The fourth-order valence-corrected chi connectivity index (χ4v) is 4.63. The van der Waals surface area contributed by atoms with Crippen LogP contribution in [0.25, 0.3) is 5.57 Å². The molecular formula is C21H20N2O4S. The van der Waals surface area contributed by atoms with E-state index >= 15 is 0 Å². The molecule has 2 atom stereocenters. The first kappa shape index (κ1) is 18.6. The van der Waals surface area contributed by atoms with Crippen molar-refractivity contribution >= 4 is 29.2 Å². The molecule has 0 spiro atoms. The van der Waals surface area contributed by atoms with Crippen molar-refractivity contribution < 1.29 is 19.1 Å². The van der Waals surface area contributed by atoms with Crippen molar-refractivity contribution in [3.05, 3.63) is 71.4 Å². The van der Waals surface area contributed by atoms with Crippen LogP contribution >= 0.6 is 11.8 Å². The van der Waals surface area contributed by atoms with Gasteiger partial charge in [0.1, 0.15) is 29.5 Å². The molecule has 1 fully saturated rings. The number of esters is 1. The van der Waals surface area contributed by atoms with E-state index in [0.29, 0.717) is 11.4 Å². The Morgan fingerprint density at radius 2 is 1.89 bits per heavy atom. The second-order valence-electron chi connectivity index (χ2n) is 6.55. The number of fused-ring (bicyclic) bond motifs is 1. The van der Waals surface area contributed by atoms with Gasteiger partial charge in [0.15, 0.2) is 0 Å². The number of hydrogen-bond acceptors (Lipinski definition) is 6. The van der Waals surface area contributed by atoms with Crippen molar-refractivity contribution in [1.82, 2.24) is 4.90 Å². The standard InChI is InChI=1S/C21H20N2O4S/c1-26-15-9-7-13(8-10-15)11-27-21(25)18-16(14-5-3-2-4-6-14)12-28-20-17(22)19(24)23(18)20/h2-10,17,20H,11-12,22H2,1H3/t17-,20-/m0/s1. The van der Waals surface area contributed by atoms with Crippen LogP contribution in [-0.4, -0.2) is 41.1 Å². The van der Waals surface area contributed by atoms with Crippen LogP contribution in [0.5, 0.6) is 5.75 Å². The number of thioether (sulfide) groups is 1. The molecule has 2 aliphatic rings. The maximum Gasteiger partial charge on any atom is 0.355 e. The highest BCUT2D eigenvalue weighted by Gasteiger charge is 2.52. The average Bonchev–Trinajstić information content (AvgIpc) is 2.76. The minimum atomic E-state index is -0.577. The number of carbonyl (C=O) groups excluding carboxylic acids is 2. The number of ether oxygens (including phenoxy) is 2. The lowest BCUT2D eigenvalue weighted by Crippen LogP contribution is -2.68. The second kappa shape index (κ2) is 7.69. The monoisotopic (exact) mass is 396 g/mol. The van der Waals surface area contributed by atoms with Crippen molar-refractivity contribution in [3.63, 3.8) is 0 Å². The van der Waals surface area contributed by atoms with Crippen molar-refractivity contribution in [2.75, 3.05) is 12.9 Å². The summed E-state index contributed by atoms with van der Waals surface area (Å²) >= 11 is 1.57. The maximum absolute atomic E-state index is 13.0. The van der Waals surface area contributed by atoms with Gasteiger partial charge in [0.05, 0.1) is 7.11 Å². The molecule has 2 aliphatic heterocycles. The maximum atomic E-state index is 13.0. The molecule has 0 aliphatic carbocycles. The van der Waals surface area contributed by atoms with Crippen LogP contribution in [-0.2, 0) is 20.9 Å². The summed E-state index contributed by atoms with van der Waals surface area (Å²) in [6, 6.07) is 16.3. The van der Waals surface area contributed by atoms with E-state index in [-0.39, 0.29) is 17.9 Å². The summed E-state index contributed by atoms with van der Waals surface area (Å²) in [4.78, 5) is 26.8. The zero-order chi connectivity index (χ0) is 19.7. The Labute approximate surface area is 167 Å². The van der Waals surface area contributed by atoms with Crippen LogP contribution in [0, 0.1) is 0 Å². The van der Waals surface area contributed by atoms with Crippen molar-refractivity contribution in [2.45, 2.75) is 18.0 Å². The molecule has 0 aromatic heterocycles. The molecule has 0 bridgehead atoms. The van der Waals surface area contributed by atoms with E-state index in [1.807, 2.05) is 54.6 Å². The van der Waals surface area contributed by atoms with Gasteiger partial charge >= 0.3 is 5.97 Å². The zero-order valence-corrected chi connectivity index (χ0v) is 16.1. The molecular weight excluding hydrogens is 376 g/mol. The summed E-state index contributed by atoms with van der Waals surface area (Å²) < 4.78 is 10.7. The van der Waals surface area contributed by atoms with Gasteiger partial charge in [0, 0.05) is 11.3 Å². The van der Waals surface area contributed by atoms with Crippen LogP contribution in [0.2, 0.25) is 0 Å². The van der Waals surface area contributed by atoms with Gasteiger partial charge in [-0.05, 0) is 23.3 Å². The smallest absolute Gasteiger partial charge is 0.355 e. The molecule has 28 heavy (non-hydrogen) atoms. The van der Waals surface area contributed by atoms with Gasteiger partial charge in [-0.25, -0.2) is 4.79 Å². The lowest BCUT2D eigenvalue weighted by atomic mass is 9.99. The molecule has 7 heteroatoms. The second-order valence-corrected chi connectivity index (χ2v) is 7.66. The van der Waals surface area contributed by atoms with E-state index in [1.54, 1.807) is 18.9 Å². The first-order valence-electron chi connectivity index (χ1n) is 8.89. The SMILES string of the molecule is COc1ccc(COC(=O)C2=C(c3ccccc3)CS[C@H]3[C@@H](N)C(=O)N23)cc1. The summed E-state index contributed by atoms with van der Waals surface area (Å²) in [5.41, 5.74) is 8.75. The van der Waals surface area contributed by atoms with E-state index in [9.17, 15) is 9.59 Å². The van der Waals surface area contributed by atoms with E-state index in [0.717, 1.165) is 22.4 Å². The number of carbonyl (C=O) groups is 2. The fourth-order valence-electron chi connectivity index (χ4n) is 3.30. The number of methoxy groups -OCH3 is 1. The molecule has 4 rings (SSSR count). The molecule has 1 amide bonds. The molecule has 0 saturated carbocycles. The van der Waals surface area contributed by atoms with E-state index in [4.69, 9.17) is 15.2 Å². The van der Waals surface area contributed by atoms with Crippen LogP contribution in [0.4, 0.5) is 0 Å². The minimum Gasteiger partial charge on any atom is -0.497 e. The highest BCUT2D eigenvalue weighted by atomic mass is 32.2. The van der Waals surface area contributed by atoms with Crippen LogP contribution in [0.3, 0.4) is 0 Å². The summed E-state index contributed by atoms with van der Waals surface area (Å²) in [5, 5.41) is -0.219. The number of amides is 1. The molecule has 0 unspecified atom stereocenters. The highest BCUT2D eigenvalue weighted by molar-refractivity contribution is 8.00. The fraction of sp³-hybridized carbons (Fsp3) is 0.238. The molecule has 2 heterocycles. The van der Waals surface area contributed by atoms with Crippen LogP contribution in [0.15, 0.2) is 60.3 Å². The zero-order valence-electron chi connectivity index (χ0n) is 15.3. The van der Waals surface area contributed by atoms with Gasteiger partial charge < -0.3 is 15.2 Å². The molecule has 0 radical (unpaired) electrons. The molecule has 1 saturated heterocycles. The lowest BCUT2D eigenvalue weighted by molar-refractivity contribution is -0.151. The lowest BCUT2D eigenvalue weighted by Gasteiger charge is -2.48. The summed E-state index contributed by atoms with van der Waals surface area (Å²) in [5.74, 6) is 0.567. The van der Waals surface area contributed by atoms with Gasteiger partial charge in [-0.3, -0.25) is 9.69 Å². The number of β-lactam (4-membered cyclic amide) rings is 1. The Morgan fingerprint density at radius 1 is 1.18 bits per heavy atom. The number of nitrogens with two attached hydrogens (primary N) is 1. The third-order valence-electron chi connectivity index (χ3n) is 4.85. The number of hydrogen-bond donors (Lipinski definition) is 1. The topological polar surface area (TPSA) is 81.9 Å². The predicted octanol–water partition coefficient (Wildman–Crippen LogP) is 2.39. The van der Waals surface area contributed by atoms with Crippen molar-refractivity contribution in [3.8, 4) is 5.75 Å². The first-order valence-corrected chi connectivity index (χ1v) is 9.94. The average molecular weight is 396 g/mol. The van der Waals surface area contributed by atoms with Gasteiger partial charge in [0.2, 0.25) is 5.91 Å². The molecule has 2 aromatic carbocycles. The largest absolute Gasteiger partial charge is 0.497 e. The van der Waals surface area contributed by atoms with Crippen molar-refractivity contribution in [2.24, 2.45) is 5.73 Å².